The molecule has 0 saturated heterocycles. The molecule has 1 N–H and O–H groups in total. The second-order valence-electron chi connectivity index (χ2n) is 5.93. The van der Waals surface area contributed by atoms with Crippen molar-refractivity contribution in [2.75, 3.05) is 0 Å². The highest BCUT2D eigenvalue weighted by atomic mass is 15.3. The van der Waals surface area contributed by atoms with Gasteiger partial charge in [-0.25, -0.2) is 0 Å². The van der Waals surface area contributed by atoms with Crippen LogP contribution in [0.3, 0.4) is 0 Å². The maximum absolute atomic E-state index is 4.65. The highest BCUT2D eigenvalue weighted by Gasteiger charge is 2.10. The zero-order chi connectivity index (χ0) is 15.5. The Morgan fingerprint density at radius 1 is 1.32 bits per heavy atom. The van der Waals surface area contributed by atoms with E-state index in [9.17, 15) is 0 Å². The second-order valence-corrected chi connectivity index (χ2v) is 5.93. The summed E-state index contributed by atoms with van der Waals surface area (Å²) in [6.07, 6.45) is 4.87. The Kier molecular flexibility index (Phi) is 4.24. The second kappa shape index (κ2) is 6.32. The van der Waals surface area contributed by atoms with Crippen molar-refractivity contribution in [2.45, 2.75) is 39.4 Å². The van der Waals surface area contributed by atoms with Crippen molar-refractivity contribution in [3.8, 4) is 0 Å². The van der Waals surface area contributed by atoms with Gasteiger partial charge in [0, 0.05) is 44.0 Å². The summed E-state index contributed by atoms with van der Waals surface area (Å²) < 4.78 is 3.93. The summed E-state index contributed by atoms with van der Waals surface area (Å²) in [5.74, 6) is 0. The van der Waals surface area contributed by atoms with Crippen LogP contribution < -0.4 is 5.32 Å². The average molecular weight is 297 g/mol. The molecule has 0 radical (unpaired) electrons. The van der Waals surface area contributed by atoms with E-state index in [1.54, 1.807) is 0 Å². The van der Waals surface area contributed by atoms with Crippen LogP contribution in [0.5, 0.6) is 0 Å². The minimum atomic E-state index is 0.422. The largest absolute Gasteiger partial charge is 0.309 e. The van der Waals surface area contributed by atoms with Crippen LogP contribution >= 0.6 is 0 Å². The molecule has 5 nitrogen and oxygen atoms in total. The van der Waals surface area contributed by atoms with E-state index in [1.807, 2.05) is 34.9 Å². The van der Waals surface area contributed by atoms with Crippen molar-refractivity contribution >= 4 is 10.9 Å². The van der Waals surface area contributed by atoms with E-state index in [-0.39, 0.29) is 0 Å². The Bertz CT molecular complexity index is 742. The number of rotatable bonds is 6. The molecule has 0 aliphatic heterocycles. The summed E-state index contributed by atoms with van der Waals surface area (Å²) in [4.78, 5) is 0. The molecule has 0 amide bonds. The number of aryl methyl sites for hydroxylation is 3. The van der Waals surface area contributed by atoms with Gasteiger partial charge in [-0.1, -0.05) is 11.6 Å². The smallest absolute Gasteiger partial charge is 0.0841 e. The third-order valence-corrected chi connectivity index (χ3v) is 4.05. The summed E-state index contributed by atoms with van der Waals surface area (Å²) in [5.41, 5.74) is 3.58. The fourth-order valence-electron chi connectivity index (χ4n) is 2.71. The number of hydrogen-bond donors (Lipinski definition) is 1. The Hall–Kier alpha value is -2.14. The number of aromatic nitrogens is 4. The first-order chi connectivity index (χ1) is 10.6. The van der Waals surface area contributed by atoms with Gasteiger partial charge in [-0.2, -0.15) is 10.2 Å². The quantitative estimate of drug-likeness (QED) is 0.761. The normalized spacial score (nSPS) is 12.9. The van der Waals surface area contributed by atoms with Gasteiger partial charge in [0.05, 0.1) is 11.2 Å². The lowest BCUT2D eigenvalue weighted by atomic mass is 10.1. The van der Waals surface area contributed by atoms with Gasteiger partial charge in [-0.15, -0.1) is 0 Å². The van der Waals surface area contributed by atoms with Gasteiger partial charge in [0.2, 0.25) is 0 Å². The summed E-state index contributed by atoms with van der Waals surface area (Å²) >= 11 is 0. The molecule has 0 aliphatic rings. The van der Waals surface area contributed by atoms with E-state index in [4.69, 9.17) is 0 Å². The molecule has 2 aromatic heterocycles. The monoisotopic (exact) mass is 297 g/mol. The maximum atomic E-state index is 4.65. The molecule has 0 aliphatic carbocycles. The van der Waals surface area contributed by atoms with Crippen molar-refractivity contribution in [2.24, 2.45) is 7.05 Å². The lowest BCUT2D eigenvalue weighted by molar-refractivity contribution is 0.455. The molecule has 0 saturated carbocycles. The minimum absolute atomic E-state index is 0.422. The first-order valence-corrected chi connectivity index (χ1v) is 7.76. The van der Waals surface area contributed by atoms with Gasteiger partial charge in [0.1, 0.15) is 0 Å². The minimum Gasteiger partial charge on any atom is -0.309 e. The van der Waals surface area contributed by atoms with Crippen LogP contribution in [0.25, 0.3) is 10.9 Å². The summed E-state index contributed by atoms with van der Waals surface area (Å²) in [6.45, 7) is 6.06. The molecule has 0 spiro atoms. The molecule has 2 heterocycles. The summed E-state index contributed by atoms with van der Waals surface area (Å²) in [7, 11) is 2.00. The topological polar surface area (TPSA) is 47.7 Å². The lowest BCUT2D eigenvalue weighted by Gasteiger charge is -2.13. The van der Waals surface area contributed by atoms with Crippen LogP contribution in [0.1, 0.15) is 24.6 Å². The van der Waals surface area contributed by atoms with Crippen molar-refractivity contribution in [1.29, 1.82) is 0 Å². The third-order valence-electron chi connectivity index (χ3n) is 4.05. The van der Waals surface area contributed by atoms with Crippen LogP contribution in [0.4, 0.5) is 0 Å². The first kappa shape index (κ1) is 14.8. The van der Waals surface area contributed by atoms with Crippen LogP contribution in [-0.4, -0.2) is 25.6 Å². The van der Waals surface area contributed by atoms with Gasteiger partial charge in [0.15, 0.2) is 0 Å². The molecule has 116 valence electrons. The number of benzene rings is 1. The predicted octanol–water partition coefficient (Wildman–Crippen LogP) is 2.65. The van der Waals surface area contributed by atoms with Gasteiger partial charge in [-0.05, 0) is 38.5 Å². The number of fused-ring (bicyclic) bond motifs is 1. The molecule has 0 unspecified atom stereocenters. The fraction of sp³-hybridized carbons (Fsp3) is 0.412. The van der Waals surface area contributed by atoms with E-state index >= 15 is 0 Å². The van der Waals surface area contributed by atoms with E-state index in [0.29, 0.717) is 6.04 Å². The van der Waals surface area contributed by atoms with Crippen LogP contribution in [-0.2, 0) is 20.1 Å². The zero-order valence-corrected chi connectivity index (χ0v) is 13.5. The highest BCUT2D eigenvalue weighted by molar-refractivity contribution is 5.82. The molecule has 1 atom stereocenters. The van der Waals surface area contributed by atoms with Crippen molar-refractivity contribution in [3.05, 3.63) is 47.9 Å². The first-order valence-electron chi connectivity index (χ1n) is 7.76. The Morgan fingerprint density at radius 2 is 2.18 bits per heavy atom. The van der Waals surface area contributed by atoms with Gasteiger partial charge >= 0.3 is 0 Å². The van der Waals surface area contributed by atoms with E-state index in [0.717, 1.165) is 25.2 Å². The zero-order valence-electron chi connectivity index (χ0n) is 13.5. The Morgan fingerprint density at radius 3 is 2.95 bits per heavy atom. The molecule has 0 fully saturated rings. The summed E-state index contributed by atoms with van der Waals surface area (Å²) in [5, 5.41) is 13.7. The SMILES string of the molecule is Cc1ccc2c(c1)c(CN[C@H](C)CCn1cccn1)nn2C. The number of hydrogen-bond acceptors (Lipinski definition) is 3. The molecule has 22 heavy (non-hydrogen) atoms. The third kappa shape index (κ3) is 3.20. The van der Waals surface area contributed by atoms with Gasteiger partial charge in [0.25, 0.3) is 0 Å². The number of nitrogens with one attached hydrogen (secondary N) is 1. The molecular weight excluding hydrogens is 274 g/mol. The molecule has 0 bridgehead atoms. The van der Waals surface area contributed by atoms with Crippen LogP contribution in [0, 0.1) is 6.92 Å². The Balaban J connectivity index is 1.62. The van der Waals surface area contributed by atoms with Crippen LogP contribution in [0.2, 0.25) is 0 Å². The molecule has 3 rings (SSSR count). The van der Waals surface area contributed by atoms with E-state index < -0.39 is 0 Å². The van der Waals surface area contributed by atoms with Gasteiger partial charge in [-0.3, -0.25) is 9.36 Å². The predicted molar refractivity (Wildman–Crippen MR) is 88.6 cm³/mol. The van der Waals surface area contributed by atoms with Crippen molar-refractivity contribution in [3.63, 3.8) is 0 Å². The standard InChI is InChI=1S/C17H23N5/c1-13-5-6-17-15(11-13)16(20-21(17)3)12-18-14(2)7-10-22-9-4-8-19-22/h4-6,8-9,11,14,18H,7,10,12H2,1-3H3/t14-/m1/s1. The molecular formula is C17H23N5. The lowest BCUT2D eigenvalue weighted by Crippen LogP contribution is -2.27. The molecule has 3 aromatic rings. The Labute approximate surface area is 130 Å². The van der Waals surface area contributed by atoms with Crippen molar-refractivity contribution in [1.82, 2.24) is 24.9 Å². The van der Waals surface area contributed by atoms with E-state index in [2.05, 4.69) is 47.6 Å². The molecule has 1 aromatic carbocycles. The van der Waals surface area contributed by atoms with Crippen molar-refractivity contribution < 1.29 is 0 Å². The highest BCUT2D eigenvalue weighted by Crippen LogP contribution is 2.19. The van der Waals surface area contributed by atoms with E-state index in [1.165, 1.54) is 16.5 Å². The summed E-state index contributed by atoms with van der Waals surface area (Å²) in [6, 6.07) is 8.87. The fourth-order valence-corrected chi connectivity index (χ4v) is 2.71. The average Bonchev–Trinajstić information content (AvgIpc) is 3.11. The van der Waals surface area contributed by atoms with Crippen LogP contribution in [0.15, 0.2) is 36.7 Å². The molecule has 5 heteroatoms. The number of nitrogens with zero attached hydrogens (tertiary/aromatic N) is 4. The maximum Gasteiger partial charge on any atom is 0.0841 e. The van der Waals surface area contributed by atoms with Gasteiger partial charge < -0.3 is 5.32 Å².